The molecule has 0 heterocycles. The molecule has 18 heavy (non-hydrogen) atoms. The molecule has 0 aliphatic rings. The molecule has 0 aliphatic carbocycles. The van der Waals surface area contributed by atoms with E-state index < -0.39 is 6.10 Å². The van der Waals surface area contributed by atoms with Crippen LogP contribution in [0.5, 0.6) is 0 Å². The second-order valence-corrected chi connectivity index (χ2v) is 5.36. The van der Waals surface area contributed by atoms with Crippen molar-refractivity contribution in [2.24, 2.45) is 0 Å². The van der Waals surface area contributed by atoms with Crippen LogP contribution in [0.3, 0.4) is 0 Å². The summed E-state index contributed by atoms with van der Waals surface area (Å²) in [6.45, 7) is 5.62. The fraction of sp³-hybridized carbons (Fsp3) is 0.571. The Hall–Kier alpha value is -0.550. The van der Waals surface area contributed by atoms with Crippen molar-refractivity contribution in [2.75, 3.05) is 32.7 Å². The van der Waals surface area contributed by atoms with Crippen molar-refractivity contribution in [1.29, 1.82) is 0 Å². The van der Waals surface area contributed by atoms with E-state index in [-0.39, 0.29) is 0 Å². The van der Waals surface area contributed by atoms with E-state index >= 15 is 0 Å². The highest BCUT2D eigenvalue weighted by molar-refractivity contribution is 7.99. The number of benzene rings is 1. The van der Waals surface area contributed by atoms with E-state index in [2.05, 4.69) is 32.0 Å². The van der Waals surface area contributed by atoms with Crippen LogP contribution in [-0.2, 0) is 9.47 Å². The molecule has 0 amide bonds. The van der Waals surface area contributed by atoms with Crippen LogP contribution >= 0.6 is 11.8 Å². The number of ether oxygens (including phenoxy) is 2. The third-order valence-electron chi connectivity index (χ3n) is 2.52. The average molecular weight is 270 g/mol. The highest BCUT2D eigenvalue weighted by atomic mass is 32.2. The van der Waals surface area contributed by atoms with Gasteiger partial charge in [-0.25, -0.2) is 0 Å². The van der Waals surface area contributed by atoms with E-state index in [1.165, 1.54) is 16.0 Å². The van der Waals surface area contributed by atoms with Crippen LogP contribution in [0.2, 0.25) is 0 Å². The monoisotopic (exact) mass is 270 g/mol. The average Bonchev–Trinajstić information content (AvgIpc) is 2.36. The van der Waals surface area contributed by atoms with Gasteiger partial charge in [-0.15, -0.1) is 11.8 Å². The first-order valence-electron chi connectivity index (χ1n) is 6.08. The van der Waals surface area contributed by atoms with Gasteiger partial charge in [0.25, 0.3) is 0 Å². The fourth-order valence-electron chi connectivity index (χ4n) is 1.46. The number of thioether (sulfide) groups is 1. The number of aliphatic hydroxyl groups is 1. The molecule has 4 heteroatoms. The van der Waals surface area contributed by atoms with Crippen molar-refractivity contribution in [3.8, 4) is 0 Å². The lowest BCUT2D eigenvalue weighted by atomic mass is 10.2. The van der Waals surface area contributed by atoms with E-state index in [1.54, 1.807) is 18.9 Å². The Balaban J connectivity index is 2.29. The van der Waals surface area contributed by atoms with E-state index in [4.69, 9.17) is 9.47 Å². The van der Waals surface area contributed by atoms with Crippen LogP contribution in [0.25, 0.3) is 0 Å². The van der Waals surface area contributed by atoms with Gasteiger partial charge in [0.1, 0.15) is 0 Å². The minimum atomic E-state index is -0.438. The Morgan fingerprint density at radius 2 is 2.06 bits per heavy atom. The molecule has 102 valence electrons. The molecule has 3 nitrogen and oxygen atoms in total. The standard InChI is InChI=1S/C14H22O3S/c1-11-4-5-12(2)14(8-11)18-10-13(15)9-17-7-6-16-3/h4-5,8,13,15H,6-7,9-10H2,1-3H3. The van der Waals surface area contributed by atoms with Crippen LogP contribution in [0.1, 0.15) is 11.1 Å². The number of hydrogen-bond donors (Lipinski definition) is 1. The Labute approximate surface area is 113 Å². The van der Waals surface area contributed by atoms with E-state index in [1.807, 2.05) is 0 Å². The zero-order valence-corrected chi connectivity index (χ0v) is 12.1. The predicted molar refractivity (Wildman–Crippen MR) is 75.3 cm³/mol. The summed E-state index contributed by atoms with van der Waals surface area (Å²) >= 11 is 1.67. The number of rotatable bonds is 8. The highest BCUT2D eigenvalue weighted by Gasteiger charge is 2.07. The van der Waals surface area contributed by atoms with E-state index in [0.717, 1.165) is 0 Å². The first-order valence-corrected chi connectivity index (χ1v) is 7.07. The third kappa shape index (κ3) is 5.87. The molecule has 0 saturated carbocycles. The molecule has 1 aromatic carbocycles. The predicted octanol–water partition coefficient (Wildman–Crippen LogP) is 2.42. The lowest BCUT2D eigenvalue weighted by Crippen LogP contribution is -2.19. The minimum absolute atomic E-state index is 0.362. The summed E-state index contributed by atoms with van der Waals surface area (Å²) in [5.74, 6) is 0.650. The second kappa shape index (κ2) is 8.53. The summed E-state index contributed by atoms with van der Waals surface area (Å²) in [5, 5.41) is 9.78. The normalized spacial score (nSPS) is 12.7. The van der Waals surface area contributed by atoms with Crippen LogP contribution in [0.4, 0.5) is 0 Å². The SMILES string of the molecule is COCCOCC(O)CSc1cc(C)ccc1C. The summed E-state index contributed by atoms with van der Waals surface area (Å²) in [6, 6.07) is 6.36. The van der Waals surface area contributed by atoms with Gasteiger partial charge in [-0.2, -0.15) is 0 Å². The quantitative estimate of drug-likeness (QED) is 0.581. The van der Waals surface area contributed by atoms with Crippen molar-refractivity contribution >= 4 is 11.8 Å². The Kier molecular flexibility index (Phi) is 7.35. The summed E-state index contributed by atoms with van der Waals surface area (Å²) < 4.78 is 10.2. The van der Waals surface area contributed by atoms with Crippen LogP contribution in [0.15, 0.2) is 23.1 Å². The van der Waals surface area contributed by atoms with Gasteiger partial charge in [0.15, 0.2) is 0 Å². The van der Waals surface area contributed by atoms with Gasteiger partial charge in [0, 0.05) is 17.8 Å². The Morgan fingerprint density at radius 3 is 2.78 bits per heavy atom. The first-order chi connectivity index (χ1) is 8.63. The molecular weight excluding hydrogens is 248 g/mol. The zero-order chi connectivity index (χ0) is 13.4. The number of hydrogen-bond acceptors (Lipinski definition) is 4. The Morgan fingerprint density at radius 1 is 1.28 bits per heavy atom. The first kappa shape index (κ1) is 15.5. The number of aryl methyl sites for hydroxylation is 2. The van der Waals surface area contributed by atoms with Gasteiger partial charge in [-0.1, -0.05) is 17.7 Å². The maximum atomic E-state index is 9.78. The summed E-state index contributed by atoms with van der Waals surface area (Å²) in [5.41, 5.74) is 2.49. The number of methoxy groups -OCH3 is 1. The molecule has 0 saturated heterocycles. The van der Waals surface area contributed by atoms with Gasteiger partial charge in [0.05, 0.1) is 25.9 Å². The van der Waals surface area contributed by atoms with E-state index in [0.29, 0.717) is 25.6 Å². The fourth-order valence-corrected chi connectivity index (χ4v) is 2.49. The van der Waals surface area contributed by atoms with Gasteiger partial charge in [0.2, 0.25) is 0 Å². The smallest absolute Gasteiger partial charge is 0.0867 e. The highest BCUT2D eigenvalue weighted by Crippen LogP contribution is 2.24. The van der Waals surface area contributed by atoms with Crippen LogP contribution in [-0.4, -0.2) is 43.9 Å². The van der Waals surface area contributed by atoms with Crippen molar-refractivity contribution in [3.05, 3.63) is 29.3 Å². The van der Waals surface area contributed by atoms with Crippen molar-refractivity contribution in [2.45, 2.75) is 24.8 Å². The summed E-state index contributed by atoms with van der Waals surface area (Å²) in [6.07, 6.45) is -0.438. The summed E-state index contributed by atoms with van der Waals surface area (Å²) in [7, 11) is 1.64. The van der Waals surface area contributed by atoms with Crippen LogP contribution < -0.4 is 0 Å². The topological polar surface area (TPSA) is 38.7 Å². The molecular formula is C14H22O3S. The molecule has 0 aromatic heterocycles. The zero-order valence-electron chi connectivity index (χ0n) is 11.3. The van der Waals surface area contributed by atoms with Gasteiger partial charge in [-0.3, -0.25) is 0 Å². The van der Waals surface area contributed by atoms with Gasteiger partial charge in [-0.05, 0) is 25.5 Å². The maximum absolute atomic E-state index is 9.78. The van der Waals surface area contributed by atoms with Crippen LogP contribution in [0, 0.1) is 13.8 Å². The lowest BCUT2D eigenvalue weighted by molar-refractivity contribution is 0.0218. The largest absolute Gasteiger partial charge is 0.390 e. The van der Waals surface area contributed by atoms with Gasteiger partial charge < -0.3 is 14.6 Å². The second-order valence-electron chi connectivity index (χ2n) is 4.30. The molecule has 1 unspecified atom stereocenters. The lowest BCUT2D eigenvalue weighted by Gasteiger charge is -2.12. The van der Waals surface area contributed by atoms with E-state index in [9.17, 15) is 5.11 Å². The molecule has 0 aliphatic heterocycles. The van der Waals surface area contributed by atoms with Crippen molar-refractivity contribution in [1.82, 2.24) is 0 Å². The van der Waals surface area contributed by atoms with Crippen molar-refractivity contribution < 1.29 is 14.6 Å². The Bertz CT molecular complexity index is 355. The molecule has 1 N–H and O–H groups in total. The molecule has 0 bridgehead atoms. The third-order valence-corrected chi connectivity index (χ3v) is 3.82. The van der Waals surface area contributed by atoms with Gasteiger partial charge >= 0.3 is 0 Å². The maximum Gasteiger partial charge on any atom is 0.0867 e. The molecule has 1 rings (SSSR count). The minimum Gasteiger partial charge on any atom is -0.390 e. The molecule has 1 atom stereocenters. The molecule has 0 fully saturated rings. The van der Waals surface area contributed by atoms with Crippen molar-refractivity contribution in [3.63, 3.8) is 0 Å². The summed E-state index contributed by atoms with van der Waals surface area (Å²) in [4.78, 5) is 1.23. The molecule has 0 spiro atoms. The molecule has 0 radical (unpaired) electrons. The number of aliphatic hydroxyl groups excluding tert-OH is 1. The molecule has 1 aromatic rings.